The van der Waals surface area contributed by atoms with Crippen molar-refractivity contribution < 1.29 is 29.0 Å². The Kier molecular flexibility index (Phi) is 9.87. The highest BCUT2D eigenvalue weighted by Gasteiger charge is 2.28. The van der Waals surface area contributed by atoms with Gasteiger partial charge in [0, 0.05) is 35.2 Å². The molecule has 1 aliphatic carbocycles. The molecular weight excluding hydrogens is 530 g/mol. The third kappa shape index (κ3) is 7.04. The van der Waals surface area contributed by atoms with Crippen molar-refractivity contribution in [2.45, 2.75) is 51.0 Å². The number of carbonyl (C=O) groups is 4. The van der Waals surface area contributed by atoms with Gasteiger partial charge < -0.3 is 15.2 Å². The summed E-state index contributed by atoms with van der Waals surface area (Å²) in [5.74, 6) is -1.84. The summed E-state index contributed by atoms with van der Waals surface area (Å²) in [5.41, 5.74) is 4.82. The first-order valence-corrected chi connectivity index (χ1v) is 14.2. The van der Waals surface area contributed by atoms with Crippen molar-refractivity contribution >= 4 is 47.3 Å². The number of aliphatic carboxylic acids is 1. The maximum Gasteiger partial charge on any atom is 0.337 e. The number of para-hydroxylation sites is 1. The number of hydrogen-bond donors (Lipinski definition) is 4. The molecule has 0 radical (unpaired) electrons. The zero-order chi connectivity index (χ0) is 28.6. The first-order chi connectivity index (χ1) is 19.3. The fraction of sp³-hybridized carbons (Fsp3) is 0.400. The highest BCUT2D eigenvalue weighted by molar-refractivity contribution is 7.80. The van der Waals surface area contributed by atoms with E-state index in [0.29, 0.717) is 40.3 Å². The van der Waals surface area contributed by atoms with E-state index < -0.39 is 23.9 Å². The van der Waals surface area contributed by atoms with Gasteiger partial charge in [-0.3, -0.25) is 19.7 Å². The van der Waals surface area contributed by atoms with Crippen molar-refractivity contribution in [3.63, 3.8) is 0 Å². The van der Waals surface area contributed by atoms with Gasteiger partial charge >= 0.3 is 11.9 Å². The van der Waals surface area contributed by atoms with Crippen LogP contribution < -0.4 is 10.7 Å². The molecule has 3 N–H and O–H groups in total. The first-order valence-electron chi connectivity index (χ1n) is 13.5. The third-order valence-corrected chi connectivity index (χ3v) is 8.00. The number of benzene rings is 2. The van der Waals surface area contributed by atoms with Gasteiger partial charge in [0.1, 0.15) is 6.04 Å². The van der Waals surface area contributed by atoms with E-state index in [4.69, 9.17) is 4.74 Å². The van der Waals surface area contributed by atoms with Crippen molar-refractivity contribution in [2.75, 3.05) is 18.3 Å². The molecule has 10 heteroatoms. The van der Waals surface area contributed by atoms with E-state index in [1.807, 2.05) is 24.3 Å². The van der Waals surface area contributed by atoms with Gasteiger partial charge in [0.15, 0.2) is 0 Å². The number of aromatic nitrogens is 1. The fourth-order valence-corrected chi connectivity index (χ4v) is 5.67. The van der Waals surface area contributed by atoms with Crippen molar-refractivity contribution in [3.05, 3.63) is 71.4 Å². The van der Waals surface area contributed by atoms with Crippen LogP contribution in [-0.4, -0.2) is 52.4 Å². The molecule has 0 aliphatic heterocycles. The van der Waals surface area contributed by atoms with Crippen molar-refractivity contribution in [3.8, 4) is 0 Å². The number of hydrogen-bond acceptors (Lipinski definition) is 6. The monoisotopic (exact) mass is 565 g/mol. The highest BCUT2D eigenvalue weighted by atomic mass is 32.1. The van der Waals surface area contributed by atoms with Crippen LogP contribution in [0.1, 0.15) is 64.8 Å². The molecule has 0 saturated heterocycles. The Bertz CT molecular complexity index is 1360. The molecule has 2 aromatic carbocycles. The Hall–Kier alpha value is -3.79. The van der Waals surface area contributed by atoms with E-state index in [0.717, 1.165) is 18.2 Å². The Morgan fingerprint density at radius 2 is 1.70 bits per heavy atom. The van der Waals surface area contributed by atoms with E-state index in [2.05, 4.69) is 23.4 Å². The average Bonchev–Trinajstić information content (AvgIpc) is 3.32. The van der Waals surface area contributed by atoms with Crippen LogP contribution in [0.15, 0.2) is 54.7 Å². The minimum Gasteiger partial charge on any atom is -0.480 e. The van der Waals surface area contributed by atoms with E-state index >= 15 is 0 Å². The fourth-order valence-electron chi connectivity index (χ4n) is 5.35. The predicted molar refractivity (Wildman–Crippen MR) is 155 cm³/mol. The van der Waals surface area contributed by atoms with Gasteiger partial charge in [0.2, 0.25) is 5.91 Å². The largest absolute Gasteiger partial charge is 0.480 e. The molecule has 1 aliphatic rings. The Labute approximate surface area is 238 Å². The zero-order valence-corrected chi connectivity index (χ0v) is 23.4. The number of methoxy groups -OCH3 is 1. The van der Waals surface area contributed by atoms with E-state index in [1.165, 1.54) is 50.6 Å². The van der Waals surface area contributed by atoms with Crippen LogP contribution >= 0.6 is 12.6 Å². The van der Waals surface area contributed by atoms with Crippen LogP contribution in [0.5, 0.6) is 0 Å². The zero-order valence-electron chi connectivity index (χ0n) is 22.5. The second-order valence-electron chi connectivity index (χ2n) is 10.3. The van der Waals surface area contributed by atoms with E-state index in [9.17, 15) is 24.3 Å². The maximum absolute atomic E-state index is 13.1. The lowest BCUT2D eigenvalue weighted by Crippen LogP contribution is -2.45. The Balaban J connectivity index is 1.49. The lowest BCUT2D eigenvalue weighted by molar-refractivity contribution is -0.142. The number of esters is 1. The van der Waals surface area contributed by atoms with Gasteiger partial charge in [0.25, 0.3) is 5.91 Å². The molecule has 3 aromatic rings. The van der Waals surface area contributed by atoms with Gasteiger partial charge in [-0.1, -0.05) is 50.3 Å². The van der Waals surface area contributed by atoms with Crippen LogP contribution in [0, 0.1) is 11.8 Å². The molecule has 212 valence electrons. The summed E-state index contributed by atoms with van der Waals surface area (Å²) >= 11 is 4.39. The molecule has 1 fully saturated rings. The average molecular weight is 566 g/mol. The van der Waals surface area contributed by atoms with E-state index in [-0.39, 0.29) is 18.2 Å². The Morgan fingerprint density at radius 3 is 2.35 bits per heavy atom. The molecule has 40 heavy (non-hydrogen) atoms. The summed E-state index contributed by atoms with van der Waals surface area (Å²) in [4.78, 5) is 49.9. The molecule has 9 nitrogen and oxygen atoms in total. The van der Waals surface area contributed by atoms with Gasteiger partial charge in [-0.15, -0.1) is 0 Å². The number of amides is 2. The summed E-state index contributed by atoms with van der Waals surface area (Å²) in [6.45, 7) is 0. The van der Waals surface area contributed by atoms with Crippen LogP contribution in [0.3, 0.4) is 0 Å². The Morgan fingerprint density at radius 1 is 1.02 bits per heavy atom. The molecular formula is C30H35N3O6S. The van der Waals surface area contributed by atoms with Gasteiger partial charge in [0.05, 0.1) is 18.2 Å². The third-order valence-electron chi connectivity index (χ3n) is 7.56. The summed E-state index contributed by atoms with van der Waals surface area (Å²) in [6, 6.07) is 12.2. The van der Waals surface area contributed by atoms with Crippen LogP contribution in [-0.2, 0) is 20.7 Å². The number of fused-ring (bicyclic) bond motifs is 1. The molecule has 2 atom stereocenters. The number of ether oxygens (including phenoxy) is 1. The standard InChI is InChI=1S/C30H35N3O6S/c1-39-30(38)21-13-11-20(12-14-21)28(35)32-33-17-22(24-9-5-6-10-26(24)33)16-25(29(36)37)31-27(34)23(18-40)15-19-7-3-2-4-8-19/h5-6,9-14,17,19,23,25,40H,2-4,7-8,15-16,18H2,1H3,(H,31,34)(H,32,35)(H,36,37)/t23?,25-/m0/s1. The van der Waals surface area contributed by atoms with Gasteiger partial charge in [-0.05, 0) is 48.2 Å². The van der Waals surface area contributed by atoms with Crippen molar-refractivity contribution in [2.24, 2.45) is 11.8 Å². The number of carboxylic acids is 1. The van der Waals surface area contributed by atoms with Gasteiger partial charge in [-0.25, -0.2) is 9.59 Å². The quantitative estimate of drug-likeness (QED) is 0.201. The number of nitrogens with zero attached hydrogens (tertiary/aromatic N) is 1. The molecule has 1 saturated carbocycles. The number of thiol groups is 1. The summed E-state index contributed by atoms with van der Waals surface area (Å²) in [6.07, 6.45) is 8.19. The van der Waals surface area contributed by atoms with Crippen molar-refractivity contribution in [1.82, 2.24) is 9.99 Å². The lowest BCUT2D eigenvalue weighted by Gasteiger charge is -2.26. The molecule has 0 bridgehead atoms. The summed E-state index contributed by atoms with van der Waals surface area (Å²) in [5, 5.41) is 13.5. The number of carbonyl (C=O) groups excluding carboxylic acids is 3. The topological polar surface area (TPSA) is 127 Å². The second-order valence-corrected chi connectivity index (χ2v) is 10.6. The molecule has 0 spiro atoms. The molecule has 2 amide bonds. The molecule has 1 heterocycles. The number of rotatable bonds is 11. The van der Waals surface area contributed by atoms with Crippen LogP contribution in [0.25, 0.3) is 10.9 Å². The highest BCUT2D eigenvalue weighted by Crippen LogP contribution is 2.30. The van der Waals surface area contributed by atoms with Crippen molar-refractivity contribution in [1.29, 1.82) is 0 Å². The first kappa shape index (κ1) is 29.2. The lowest BCUT2D eigenvalue weighted by atomic mass is 9.83. The van der Waals surface area contributed by atoms with Crippen LogP contribution in [0.2, 0.25) is 0 Å². The SMILES string of the molecule is COC(=O)c1ccc(C(=O)Nn2cc(C[C@H](NC(=O)C(CS)CC3CCCCC3)C(=O)O)c3ccccc32)cc1. The van der Waals surface area contributed by atoms with Crippen LogP contribution in [0.4, 0.5) is 0 Å². The van der Waals surface area contributed by atoms with E-state index in [1.54, 1.807) is 10.9 Å². The van der Waals surface area contributed by atoms with Gasteiger partial charge in [-0.2, -0.15) is 12.6 Å². The molecule has 1 aromatic heterocycles. The molecule has 4 rings (SSSR count). The summed E-state index contributed by atoms with van der Waals surface area (Å²) < 4.78 is 6.24. The second kappa shape index (κ2) is 13.5. The predicted octanol–water partition coefficient (Wildman–Crippen LogP) is 4.44. The number of carboxylic acid groups (broad SMARTS) is 1. The maximum atomic E-state index is 13.1. The molecule has 1 unspecified atom stereocenters. The number of nitrogens with one attached hydrogen (secondary N) is 2. The normalized spacial score (nSPS) is 15.2. The summed E-state index contributed by atoms with van der Waals surface area (Å²) in [7, 11) is 1.29. The minimum atomic E-state index is -1.14. The smallest absolute Gasteiger partial charge is 0.337 e. The minimum absolute atomic E-state index is 0.0427.